The van der Waals surface area contributed by atoms with Gasteiger partial charge in [0, 0.05) is 31.8 Å². The van der Waals surface area contributed by atoms with E-state index in [-0.39, 0.29) is 18.5 Å². The lowest BCUT2D eigenvalue weighted by Crippen LogP contribution is -2.38. The molecular weight excluding hydrogens is 312 g/mol. The van der Waals surface area contributed by atoms with Gasteiger partial charge < -0.3 is 19.3 Å². The minimum atomic E-state index is -0.208. The van der Waals surface area contributed by atoms with Crippen LogP contribution < -0.4 is 5.32 Å². The van der Waals surface area contributed by atoms with Crippen LogP contribution in [-0.2, 0) is 13.0 Å². The fourth-order valence-corrected chi connectivity index (χ4v) is 2.10. The largest absolute Gasteiger partial charge is 0.339 e. The van der Waals surface area contributed by atoms with Crippen molar-refractivity contribution < 1.29 is 13.8 Å². The predicted molar refractivity (Wildman–Crippen MR) is 83.2 cm³/mol. The Labute approximate surface area is 139 Å². The van der Waals surface area contributed by atoms with Crippen LogP contribution in [-0.4, -0.2) is 44.8 Å². The molecule has 2 aromatic heterocycles. The molecule has 1 N–H and O–H groups in total. The van der Waals surface area contributed by atoms with Crippen molar-refractivity contribution in [2.75, 3.05) is 13.6 Å². The van der Waals surface area contributed by atoms with Crippen LogP contribution in [0, 0.1) is 0 Å². The highest BCUT2D eigenvalue weighted by Crippen LogP contribution is 2.38. The van der Waals surface area contributed by atoms with Crippen molar-refractivity contribution in [1.82, 2.24) is 30.5 Å². The van der Waals surface area contributed by atoms with Crippen molar-refractivity contribution in [3.63, 3.8) is 0 Å². The zero-order valence-electron chi connectivity index (χ0n) is 14.2. The fraction of sp³-hybridized carbons (Fsp3) is 0.667. The van der Waals surface area contributed by atoms with Gasteiger partial charge in [-0.2, -0.15) is 9.97 Å². The summed E-state index contributed by atoms with van der Waals surface area (Å²) in [5.41, 5.74) is 0. The van der Waals surface area contributed by atoms with Crippen molar-refractivity contribution in [3.8, 4) is 0 Å². The van der Waals surface area contributed by atoms with Crippen LogP contribution in [0.4, 0.5) is 4.79 Å². The van der Waals surface area contributed by atoms with Crippen LogP contribution in [0.2, 0.25) is 0 Å². The Hall–Kier alpha value is -2.45. The minimum Gasteiger partial charge on any atom is -0.339 e. The van der Waals surface area contributed by atoms with E-state index in [4.69, 9.17) is 9.05 Å². The van der Waals surface area contributed by atoms with E-state index in [9.17, 15) is 4.79 Å². The van der Waals surface area contributed by atoms with Gasteiger partial charge in [-0.3, -0.25) is 0 Å². The molecule has 24 heavy (non-hydrogen) atoms. The standard InChI is InChI=1S/C15H22N6O3/c1-9(2)13-17-11(19-23-13)6-7-21(3)15(22)16-8-12-18-14(24-20-12)10-4-5-10/h9-10H,4-8H2,1-3H3,(H,16,22). The number of hydrogen-bond donors (Lipinski definition) is 1. The molecule has 0 spiro atoms. The molecule has 0 unspecified atom stereocenters. The number of nitrogens with zero attached hydrogens (tertiary/aromatic N) is 5. The zero-order valence-corrected chi connectivity index (χ0v) is 14.2. The molecule has 0 saturated heterocycles. The van der Waals surface area contributed by atoms with E-state index in [0.717, 1.165) is 12.8 Å². The number of aromatic nitrogens is 4. The van der Waals surface area contributed by atoms with Crippen LogP contribution in [0.15, 0.2) is 9.05 Å². The van der Waals surface area contributed by atoms with Gasteiger partial charge in [-0.05, 0) is 12.8 Å². The number of nitrogens with one attached hydrogen (secondary N) is 1. The Morgan fingerprint density at radius 3 is 2.67 bits per heavy atom. The van der Waals surface area contributed by atoms with Crippen LogP contribution >= 0.6 is 0 Å². The molecule has 0 bridgehead atoms. The third-order valence-corrected chi connectivity index (χ3v) is 3.80. The molecule has 1 saturated carbocycles. The molecular formula is C15H22N6O3. The minimum absolute atomic E-state index is 0.197. The van der Waals surface area contributed by atoms with Crippen molar-refractivity contribution in [1.29, 1.82) is 0 Å². The molecule has 9 nitrogen and oxygen atoms in total. The van der Waals surface area contributed by atoms with Crippen molar-refractivity contribution in [2.45, 2.75) is 51.5 Å². The maximum atomic E-state index is 12.1. The van der Waals surface area contributed by atoms with Crippen molar-refractivity contribution in [3.05, 3.63) is 23.4 Å². The fourth-order valence-electron chi connectivity index (χ4n) is 2.10. The second kappa shape index (κ2) is 6.98. The quantitative estimate of drug-likeness (QED) is 0.822. The lowest BCUT2D eigenvalue weighted by molar-refractivity contribution is 0.208. The van der Waals surface area contributed by atoms with E-state index in [1.807, 2.05) is 13.8 Å². The van der Waals surface area contributed by atoms with E-state index < -0.39 is 0 Å². The molecule has 130 valence electrons. The summed E-state index contributed by atoms with van der Waals surface area (Å²) in [6.45, 7) is 4.72. The summed E-state index contributed by atoms with van der Waals surface area (Å²) < 4.78 is 10.3. The second-order valence-corrected chi connectivity index (χ2v) is 6.36. The molecule has 2 amide bonds. The smallest absolute Gasteiger partial charge is 0.317 e. The molecule has 2 aromatic rings. The molecule has 9 heteroatoms. The molecule has 0 aromatic carbocycles. The van der Waals surface area contributed by atoms with Gasteiger partial charge in [0.05, 0.1) is 6.54 Å². The molecule has 3 rings (SSSR count). The van der Waals surface area contributed by atoms with Gasteiger partial charge in [-0.1, -0.05) is 24.2 Å². The van der Waals surface area contributed by atoms with Gasteiger partial charge in [0.25, 0.3) is 0 Å². The molecule has 0 atom stereocenters. The predicted octanol–water partition coefficient (Wildman–Crippen LogP) is 1.84. The first-order chi connectivity index (χ1) is 11.5. The summed E-state index contributed by atoms with van der Waals surface area (Å²) in [6, 6.07) is -0.208. The molecule has 1 aliphatic rings. The normalized spacial score (nSPS) is 14.2. The monoisotopic (exact) mass is 334 g/mol. The first-order valence-corrected chi connectivity index (χ1v) is 8.17. The first kappa shape index (κ1) is 16.4. The van der Waals surface area contributed by atoms with E-state index in [0.29, 0.717) is 42.3 Å². The second-order valence-electron chi connectivity index (χ2n) is 6.36. The topological polar surface area (TPSA) is 110 Å². The average molecular weight is 334 g/mol. The number of rotatable bonds is 7. The van der Waals surface area contributed by atoms with E-state index >= 15 is 0 Å². The zero-order chi connectivity index (χ0) is 17.1. The number of carbonyl (C=O) groups excluding carboxylic acids is 1. The van der Waals surface area contributed by atoms with Crippen LogP contribution in [0.25, 0.3) is 0 Å². The number of urea groups is 1. The van der Waals surface area contributed by atoms with Gasteiger partial charge in [0.2, 0.25) is 11.8 Å². The SMILES string of the molecule is CC(C)c1nc(CCN(C)C(=O)NCc2noc(C3CC3)n2)no1. The van der Waals surface area contributed by atoms with Crippen LogP contribution in [0.5, 0.6) is 0 Å². The maximum absolute atomic E-state index is 12.1. The van der Waals surface area contributed by atoms with Crippen LogP contribution in [0.3, 0.4) is 0 Å². The number of likely N-dealkylation sites (N-methyl/N-ethyl adjacent to an activating group) is 1. The lowest BCUT2D eigenvalue weighted by Gasteiger charge is -2.16. The maximum Gasteiger partial charge on any atom is 0.317 e. The molecule has 2 heterocycles. The van der Waals surface area contributed by atoms with E-state index in [2.05, 4.69) is 25.6 Å². The summed E-state index contributed by atoms with van der Waals surface area (Å²) >= 11 is 0. The molecule has 0 aliphatic heterocycles. The Morgan fingerprint density at radius 2 is 2.00 bits per heavy atom. The summed E-state index contributed by atoms with van der Waals surface area (Å²) in [4.78, 5) is 22.2. The van der Waals surface area contributed by atoms with Gasteiger partial charge in [0.15, 0.2) is 11.6 Å². The molecule has 1 fully saturated rings. The van der Waals surface area contributed by atoms with Crippen LogP contribution in [0.1, 0.15) is 62.0 Å². The number of hydrogen-bond acceptors (Lipinski definition) is 7. The highest BCUT2D eigenvalue weighted by atomic mass is 16.5. The van der Waals surface area contributed by atoms with Gasteiger partial charge in [0.1, 0.15) is 0 Å². The summed E-state index contributed by atoms with van der Waals surface area (Å²) in [5, 5.41) is 10.5. The first-order valence-electron chi connectivity index (χ1n) is 8.17. The third kappa shape index (κ3) is 4.09. The summed E-state index contributed by atoms with van der Waals surface area (Å²) in [7, 11) is 1.71. The Balaban J connectivity index is 1.41. The van der Waals surface area contributed by atoms with Crippen molar-refractivity contribution in [2.24, 2.45) is 0 Å². The van der Waals surface area contributed by atoms with Gasteiger partial charge >= 0.3 is 6.03 Å². The van der Waals surface area contributed by atoms with Crippen molar-refractivity contribution >= 4 is 6.03 Å². The number of carbonyl (C=O) groups is 1. The van der Waals surface area contributed by atoms with E-state index in [1.54, 1.807) is 11.9 Å². The van der Waals surface area contributed by atoms with Gasteiger partial charge in [-0.25, -0.2) is 4.79 Å². The number of amides is 2. The Morgan fingerprint density at radius 1 is 1.25 bits per heavy atom. The van der Waals surface area contributed by atoms with Gasteiger partial charge in [-0.15, -0.1) is 0 Å². The Bertz CT molecular complexity index is 691. The average Bonchev–Trinajstić information content (AvgIpc) is 3.12. The molecule has 0 radical (unpaired) electrons. The highest BCUT2D eigenvalue weighted by molar-refractivity contribution is 5.73. The Kier molecular flexibility index (Phi) is 4.77. The molecule has 1 aliphatic carbocycles. The lowest BCUT2D eigenvalue weighted by atomic mass is 10.2. The third-order valence-electron chi connectivity index (χ3n) is 3.80. The van der Waals surface area contributed by atoms with E-state index in [1.165, 1.54) is 0 Å². The highest BCUT2D eigenvalue weighted by Gasteiger charge is 2.29. The summed E-state index contributed by atoms with van der Waals surface area (Å²) in [5.74, 6) is 2.99. The summed E-state index contributed by atoms with van der Waals surface area (Å²) in [6.07, 6.45) is 2.74.